The molecule has 2 rings (SSSR count). The molecule has 1 aromatic carbocycles. The van der Waals surface area contributed by atoms with Crippen molar-refractivity contribution in [1.29, 1.82) is 0 Å². The van der Waals surface area contributed by atoms with Gasteiger partial charge in [0.25, 0.3) is 0 Å². The second kappa shape index (κ2) is 6.18. The first-order valence-corrected chi connectivity index (χ1v) is 6.34. The summed E-state index contributed by atoms with van der Waals surface area (Å²) in [7, 11) is 0. The number of aromatic nitrogens is 2. The molecule has 0 aliphatic rings. The zero-order chi connectivity index (χ0) is 14.5. The lowest BCUT2D eigenvalue weighted by molar-refractivity contribution is 0.350. The Morgan fingerprint density at radius 3 is 2.75 bits per heavy atom. The van der Waals surface area contributed by atoms with Gasteiger partial charge in [-0.1, -0.05) is 30.0 Å². The van der Waals surface area contributed by atoms with Gasteiger partial charge in [-0.3, -0.25) is 4.57 Å². The van der Waals surface area contributed by atoms with E-state index in [0.29, 0.717) is 6.54 Å². The normalized spacial score (nSPS) is 9.95. The van der Waals surface area contributed by atoms with E-state index in [1.54, 1.807) is 11.5 Å². The molecule has 0 bridgehead atoms. The van der Waals surface area contributed by atoms with Crippen LogP contribution in [0.3, 0.4) is 0 Å². The van der Waals surface area contributed by atoms with Gasteiger partial charge in [-0.15, -0.1) is 0 Å². The molecule has 0 atom stereocenters. The van der Waals surface area contributed by atoms with Gasteiger partial charge in [0.2, 0.25) is 0 Å². The number of aliphatic hydroxyl groups is 1. The van der Waals surface area contributed by atoms with Gasteiger partial charge < -0.3 is 5.11 Å². The smallest absolute Gasteiger partial charge is 0.348 e. The fourth-order valence-corrected chi connectivity index (χ4v) is 2.05. The molecule has 2 aromatic rings. The minimum atomic E-state index is -0.257. The van der Waals surface area contributed by atoms with Gasteiger partial charge in [-0.05, 0) is 31.5 Å². The Kier molecular flexibility index (Phi) is 4.34. The molecule has 0 fully saturated rings. The number of rotatable bonds is 2. The molecule has 1 aromatic heterocycles. The van der Waals surface area contributed by atoms with Crippen LogP contribution in [0.5, 0.6) is 0 Å². The topological polar surface area (TPSA) is 55.1 Å². The lowest BCUT2D eigenvalue weighted by Crippen LogP contribution is -2.26. The van der Waals surface area contributed by atoms with E-state index in [1.807, 2.05) is 37.3 Å². The van der Waals surface area contributed by atoms with Crippen molar-refractivity contribution < 1.29 is 5.11 Å². The lowest BCUT2D eigenvalue weighted by atomic mass is 10.1. The molecule has 0 spiro atoms. The second-order valence-electron chi connectivity index (χ2n) is 4.52. The van der Waals surface area contributed by atoms with Crippen molar-refractivity contribution in [1.82, 2.24) is 9.55 Å². The van der Waals surface area contributed by atoms with Crippen LogP contribution in [-0.2, 0) is 6.54 Å². The summed E-state index contributed by atoms with van der Waals surface area (Å²) in [5.74, 6) is 5.53. The molecule has 0 saturated heterocycles. The third-order valence-corrected chi connectivity index (χ3v) is 2.99. The highest BCUT2D eigenvalue weighted by Gasteiger charge is 2.06. The first-order chi connectivity index (χ1) is 9.61. The van der Waals surface area contributed by atoms with E-state index in [2.05, 4.69) is 16.8 Å². The maximum absolute atomic E-state index is 12.0. The summed E-state index contributed by atoms with van der Waals surface area (Å²) in [6.07, 6.45) is 0. The van der Waals surface area contributed by atoms with Gasteiger partial charge in [-0.2, -0.15) is 4.98 Å². The predicted octanol–water partition coefficient (Wildman–Crippen LogP) is 1.25. The van der Waals surface area contributed by atoms with Gasteiger partial charge in [0.1, 0.15) is 6.61 Å². The molecule has 0 unspecified atom stereocenters. The molecule has 0 amide bonds. The minimum absolute atomic E-state index is 0.181. The van der Waals surface area contributed by atoms with Crippen LogP contribution in [0.15, 0.2) is 35.1 Å². The van der Waals surface area contributed by atoms with Crippen LogP contribution < -0.4 is 5.69 Å². The molecule has 1 heterocycles. The number of aryl methyl sites for hydroxylation is 2. The molecule has 4 heteroatoms. The van der Waals surface area contributed by atoms with Crippen LogP contribution >= 0.6 is 0 Å². The van der Waals surface area contributed by atoms with Gasteiger partial charge in [-0.25, -0.2) is 4.79 Å². The van der Waals surface area contributed by atoms with Crippen molar-refractivity contribution in [2.75, 3.05) is 6.61 Å². The summed E-state index contributed by atoms with van der Waals surface area (Å²) < 4.78 is 1.62. The van der Waals surface area contributed by atoms with Crippen molar-refractivity contribution >= 4 is 0 Å². The summed E-state index contributed by atoms with van der Waals surface area (Å²) in [6.45, 7) is 3.94. The maximum atomic E-state index is 12.0. The maximum Gasteiger partial charge on any atom is 0.348 e. The standard InChI is InChI=1S/C16H16N2O2/c1-12-10-13(2)18(16(20)17-12)11-15-7-4-3-6-14(15)8-5-9-19/h3-4,6-7,10,19H,9,11H2,1-2H3. The Bertz CT molecular complexity index is 736. The van der Waals surface area contributed by atoms with Crippen LogP contribution in [0.4, 0.5) is 0 Å². The third-order valence-electron chi connectivity index (χ3n) is 2.99. The van der Waals surface area contributed by atoms with Crippen LogP contribution in [0, 0.1) is 25.7 Å². The van der Waals surface area contributed by atoms with Gasteiger partial charge >= 0.3 is 5.69 Å². The Hall–Kier alpha value is -2.38. The Balaban J connectivity index is 2.43. The third kappa shape index (κ3) is 3.14. The number of hydrogen-bond donors (Lipinski definition) is 1. The van der Waals surface area contributed by atoms with Gasteiger partial charge in [0, 0.05) is 17.0 Å². The molecule has 1 N–H and O–H groups in total. The fraction of sp³-hybridized carbons (Fsp3) is 0.250. The van der Waals surface area contributed by atoms with Gasteiger partial charge in [0.15, 0.2) is 0 Å². The highest BCUT2D eigenvalue weighted by atomic mass is 16.2. The van der Waals surface area contributed by atoms with Crippen LogP contribution in [0.2, 0.25) is 0 Å². The van der Waals surface area contributed by atoms with E-state index < -0.39 is 0 Å². The molecule has 102 valence electrons. The predicted molar refractivity (Wildman–Crippen MR) is 77.5 cm³/mol. The van der Waals surface area contributed by atoms with E-state index >= 15 is 0 Å². The van der Waals surface area contributed by atoms with Gasteiger partial charge in [0.05, 0.1) is 6.54 Å². The highest BCUT2D eigenvalue weighted by Crippen LogP contribution is 2.10. The molecule has 0 radical (unpaired) electrons. The summed E-state index contributed by atoms with van der Waals surface area (Å²) >= 11 is 0. The average Bonchev–Trinajstić information content (AvgIpc) is 2.41. The van der Waals surface area contributed by atoms with E-state index in [0.717, 1.165) is 22.5 Å². The van der Waals surface area contributed by atoms with Crippen molar-refractivity contribution in [2.45, 2.75) is 20.4 Å². The first-order valence-electron chi connectivity index (χ1n) is 6.34. The van der Waals surface area contributed by atoms with Crippen LogP contribution in [-0.4, -0.2) is 21.3 Å². The summed E-state index contributed by atoms with van der Waals surface area (Å²) in [6, 6.07) is 9.46. The molecule has 20 heavy (non-hydrogen) atoms. The molecule has 0 aliphatic heterocycles. The van der Waals surface area contributed by atoms with Crippen molar-refractivity contribution in [2.24, 2.45) is 0 Å². The molecule has 0 aliphatic carbocycles. The monoisotopic (exact) mass is 268 g/mol. The number of benzene rings is 1. The summed E-state index contributed by atoms with van der Waals surface area (Å²) in [5, 5.41) is 8.79. The largest absolute Gasteiger partial charge is 0.384 e. The molecular formula is C16H16N2O2. The van der Waals surface area contributed by atoms with E-state index in [4.69, 9.17) is 5.11 Å². The van der Waals surface area contributed by atoms with Crippen LogP contribution in [0.25, 0.3) is 0 Å². The summed E-state index contributed by atoms with van der Waals surface area (Å²) in [5.41, 5.74) is 3.08. The Labute approximate surface area is 117 Å². The fourth-order valence-electron chi connectivity index (χ4n) is 2.05. The number of nitrogens with zero attached hydrogens (tertiary/aromatic N) is 2. The zero-order valence-corrected chi connectivity index (χ0v) is 11.6. The summed E-state index contributed by atoms with van der Waals surface area (Å²) in [4.78, 5) is 15.9. The second-order valence-corrected chi connectivity index (χ2v) is 4.52. The first kappa shape index (κ1) is 14.0. The van der Waals surface area contributed by atoms with E-state index in [9.17, 15) is 4.79 Å². The average molecular weight is 268 g/mol. The number of hydrogen-bond acceptors (Lipinski definition) is 3. The van der Waals surface area contributed by atoms with Crippen molar-refractivity contribution in [3.8, 4) is 11.8 Å². The quantitative estimate of drug-likeness (QED) is 0.834. The number of aliphatic hydroxyl groups excluding tert-OH is 1. The molecule has 4 nitrogen and oxygen atoms in total. The lowest BCUT2D eigenvalue weighted by Gasteiger charge is -2.11. The van der Waals surface area contributed by atoms with E-state index in [1.165, 1.54) is 0 Å². The Morgan fingerprint density at radius 1 is 1.30 bits per heavy atom. The molecule has 0 saturated carbocycles. The minimum Gasteiger partial charge on any atom is -0.384 e. The molecular weight excluding hydrogens is 252 g/mol. The highest BCUT2D eigenvalue weighted by molar-refractivity contribution is 5.41. The van der Waals surface area contributed by atoms with E-state index in [-0.39, 0.29) is 12.3 Å². The SMILES string of the molecule is Cc1cc(C)n(Cc2ccccc2C#CCO)c(=O)n1. The zero-order valence-electron chi connectivity index (χ0n) is 11.6. The Morgan fingerprint density at radius 2 is 2.05 bits per heavy atom. The van der Waals surface area contributed by atoms with Crippen LogP contribution in [0.1, 0.15) is 22.5 Å². The van der Waals surface area contributed by atoms with Crippen molar-refractivity contribution in [3.63, 3.8) is 0 Å². The van der Waals surface area contributed by atoms with Crippen molar-refractivity contribution in [3.05, 3.63) is 63.3 Å².